The van der Waals surface area contributed by atoms with E-state index < -0.39 is 0 Å². The van der Waals surface area contributed by atoms with Crippen LogP contribution in [0.3, 0.4) is 0 Å². The molecule has 0 fully saturated rings. The Labute approximate surface area is 126 Å². The zero-order chi connectivity index (χ0) is 14.4. The van der Waals surface area contributed by atoms with E-state index in [1.54, 1.807) is 0 Å². The van der Waals surface area contributed by atoms with E-state index in [4.69, 9.17) is 0 Å². The molecule has 0 aliphatic heterocycles. The molecule has 0 radical (unpaired) electrons. The Bertz CT molecular complexity index is 390. The summed E-state index contributed by atoms with van der Waals surface area (Å²) in [6.45, 7) is 11.0. The summed E-state index contributed by atoms with van der Waals surface area (Å²) in [5.74, 6) is 0.641. The summed E-state index contributed by atoms with van der Waals surface area (Å²) in [6.07, 6.45) is 1.17. The van der Waals surface area contributed by atoms with Crippen molar-refractivity contribution in [2.24, 2.45) is 5.92 Å². The molecule has 0 aliphatic carbocycles. The van der Waals surface area contributed by atoms with E-state index in [2.05, 4.69) is 79.1 Å². The highest BCUT2D eigenvalue weighted by molar-refractivity contribution is 9.10. The first kappa shape index (κ1) is 16.5. The van der Waals surface area contributed by atoms with Crippen LogP contribution >= 0.6 is 15.9 Å². The molecule has 1 unspecified atom stereocenters. The van der Waals surface area contributed by atoms with Gasteiger partial charge in [0.15, 0.2) is 0 Å². The van der Waals surface area contributed by atoms with Gasteiger partial charge < -0.3 is 10.2 Å². The molecule has 0 amide bonds. The molecule has 1 rings (SSSR count). The van der Waals surface area contributed by atoms with Crippen molar-refractivity contribution in [2.75, 3.05) is 18.5 Å². The van der Waals surface area contributed by atoms with E-state index in [1.165, 1.54) is 22.1 Å². The zero-order valence-electron chi connectivity index (χ0n) is 12.8. The van der Waals surface area contributed by atoms with Crippen LogP contribution in [-0.4, -0.2) is 19.6 Å². The molecule has 2 nitrogen and oxygen atoms in total. The number of halogens is 1. The monoisotopic (exact) mass is 326 g/mol. The smallest absolute Gasteiger partial charge is 0.0510 e. The van der Waals surface area contributed by atoms with Crippen LogP contribution in [0.15, 0.2) is 22.7 Å². The second-order valence-electron chi connectivity index (χ2n) is 5.56. The standard InChI is InChI=1S/C16H27BrN2/c1-6-9-18-11-14-7-8-16(15(17)10-14)19(5)13(4)12(2)3/h7-8,10,12-13,18H,6,9,11H2,1-5H3. The second-order valence-corrected chi connectivity index (χ2v) is 6.41. The van der Waals surface area contributed by atoms with Gasteiger partial charge in [-0.15, -0.1) is 0 Å². The first-order valence-corrected chi connectivity index (χ1v) is 7.98. The van der Waals surface area contributed by atoms with Crippen molar-refractivity contribution in [1.29, 1.82) is 0 Å². The fraction of sp³-hybridized carbons (Fsp3) is 0.625. The third kappa shape index (κ3) is 4.81. The molecule has 0 saturated heterocycles. The average molecular weight is 327 g/mol. The molecule has 108 valence electrons. The fourth-order valence-corrected chi connectivity index (χ4v) is 2.73. The van der Waals surface area contributed by atoms with E-state index in [-0.39, 0.29) is 0 Å². The molecule has 3 heteroatoms. The van der Waals surface area contributed by atoms with Gasteiger partial charge in [-0.1, -0.05) is 26.8 Å². The van der Waals surface area contributed by atoms with Gasteiger partial charge in [-0.05, 0) is 59.4 Å². The molecule has 1 atom stereocenters. The van der Waals surface area contributed by atoms with Gasteiger partial charge in [0.05, 0.1) is 5.69 Å². The second kappa shape index (κ2) is 7.91. The highest BCUT2D eigenvalue weighted by Crippen LogP contribution is 2.29. The maximum atomic E-state index is 3.70. The first-order chi connectivity index (χ1) is 8.97. The molecular formula is C16H27BrN2. The summed E-state index contributed by atoms with van der Waals surface area (Å²) in [7, 11) is 2.17. The van der Waals surface area contributed by atoms with Crippen molar-refractivity contribution in [1.82, 2.24) is 5.32 Å². The van der Waals surface area contributed by atoms with E-state index in [1.807, 2.05) is 0 Å². The molecule has 1 aromatic carbocycles. The van der Waals surface area contributed by atoms with Crippen LogP contribution in [0.4, 0.5) is 5.69 Å². The summed E-state index contributed by atoms with van der Waals surface area (Å²) in [4.78, 5) is 2.35. The molecule has 0 aliphatic rings. The lowest BCUT2D eigenvalue weighted by Gasteiger charge is -2.31. The van der Waals surface area contributed by atoms with Crippen molar-refractivity contribution < 1.29 is 0 Å². The van der Waals surface area contributed by atoms with Crippen LogP contribution in [0.5, 0.6) is 0 Å². The minimum atomic E-state index is 0.528. The Morgan fingerprint density at radius 3 is 2.47 bits per heavy atom. The first-order valence-electron chi connectivity index (χ1n) is 7.19. The number of nitrogens with one attached hydrogen (secondary N) is 1. The molecule has 0 saturated carbocycles. The molecule has 0 spiro atoms. The summed E-state index contributed by atoms with van der Waals surface area (Å²) >= 11 is 3.70. The van der Waals surface area contributed by atoms with Gasteiger partial charge in [0.2, 0.25) is 0 Å². The average Bonchev–Trinajstić information content (AvgIpc) is 2.37. The summed E-state index contributed by atoms with van der Waals surface area (Å²) in [6, 6.07) is 7.18. The van der Waals surface area contributed by atoms with Crippen molar-refractivity contribution in [3.63, 3.8) is 0 Å². The molecule has 0 bridgehead atoms. The van der Waals surface area contributed by atoms with Gasteiger partial charge in [0, 0.05) is 24.1 Å². The van der Waals surface area contributed by atoms with Crippen LogP contribution in [-0.2, 0) is 6.54 Å². The minimum absolute atomic E-state index is 0.528. The normalized spacial score (nSPS) is 12.8. The van der Waals surface area contributed by atoms with Crippen LogP contribution in [0.1, 0.15) is 39.7 Å². The third-order valence-electron chi connectivity index (χ3n) is 3.72. The Balaban J connectivity index is 2.76. The maximum absolute atomic E-state index is 3.70. The number of hydrogen-bond acceptors (Lipinski definition) is 2. The van der Waals surface area contributed by atoms with Crippen LogP contribution in [0, 0.1) is 5.92 Å². The van der Waals surface area contributed by atoms with Gasteiger partial charge in [-0.3, -0.25) is 0 Å². The highest BCUT2D eigenvalue weighted by Gasteiger charge is 2.15. The van der Waals surface area contributed by atoms with Gasteiger partial charge in [-0.25, -0.2) is 0 Å². The number of nitrogens with zero attached hydrogens (tertiary/aromatic N) is 1. The van der Waals surface area contributed by atoms with Gasteiger partial charge >= 0.3 is 0 Å². The van der Waals surface area contributed by atoms with Crippen molar-refractivity contribution in [3.05, 3.63) is 28.2 Å². The van der Waals surface area contributed by atoms with Gasteiger partial charge in [-0.2, -0.15) is 0 Å². The minimum Gasteiger partial charge on any atom is -0.371 e. The van der Waals surface area contributed by atoms with E-state index in [0.717, 1.165) is 13.1 Å². The molecule has 1 N–H and O–H groups in total. The van der Waals surface area contributed by atoms with E-state index >= 15 is 0 Å². The number of hydrogen-bond donors (Lipinski definition) is 1. The van der Waals surface area contributed by atoms with E-state index in [0.29, 0.717) is 12.0 Å². The molecular weight excluding hydrogens is 300 g/mol. The number of rotatable bonds is 7. The van der Waals surface area contributed by atoms with Gasteiger partial charge in [0.25, 0.3) is 0 Å². The fourth-order valence-electron chi connectivity index (χ4n) is 2.02. The van der Waals surface area contributed by atoms with Crippen molar-refractivity contribution in [3.8, 4) is 0 Å². The largest absolute Gasteiger partial charge is 0.371 e. The van der Waals surface area contributed by atoms with Crippen LogP contribution in [0.25, 0.3) is 0 Å². The molecule has 19 heavy (non-hydrogen) atoms. The van der Waals surface area contributed by atoms with Crippen molar-refractivity contribution in [2.45, 2.75) is 46.7 Å². The Kier molecular flexibility index (Phi) is 6.87. The predicted molar refractivity (Wildman–Crippen MR) is 88.8 cm³/mol. The Hall–Kier alpha value is -0.540. The molecule has 0 heterocycles. The highest BCUT2D eigenvalue weighted by atomic mass is 79.9. The maximum Gasteiger partial charge on any atom is 0.0510 e. The Morgan fingerprint density at radius 1 is 1.26 bits per heavy atom. The SMILES string of the molecule is CCCNCc1ccc(N(C)C(C)C(C)C)c(Br)c1. The topological polar surface area (TPSA) is 15.3 Å². The lowest BCUT2D eigenvalue weighted by molar-refractivity contribution is 0.505. The summed E-state index contributed by atoms with van der Waals surface area (Å²) in [5, 5.41) is 3.43. The van der Waals surface area contributed by atoms with Gasteiger partial charge in [0.1, 0.15) is 0 Å². The lowest BCUT2D eigenvalue weighted by Crippen LogP contribution is -2.33. The summed E-state index contributed by atoms with van der Waals surface area (Å²) < 4.78 is 1.18. The van der Waals surface area contributed by atoms with Crippen molar-refractivity contribution >= 4 is 21.6 Å². The predicted octanol–water partition coefficient (Wildman–Crippen LogP) is 4.43. The number of benzene rings is 1. The number of anilines is 1. The zero-order valence-corrected chi connectivity index (χ0v) is 14.4. The molecule has 0 aromatic heterocycles. The summed E-state index contributed by atoms with van der Waals surface area (Å²) in [5.41, 5.74) is 2.59. The van der Waals surface area contributed by atoms with Crippen LogP contribution < -0.4 is 10.2 Å². The molecule has 1 aromatic rings. The lowest BCUT2D eigenvalue weighted by atomic mass is 10.0. The van der Waals surface area contributed by atoms with E-state index in [9.17, 15) is 0 Å². The quantitative estimate of drug-likeness (QED) is 0.745. The van der Waals surface area contributed by atoms with Crippen LogP contribution in [0.2, 0.25) is 0 Å². The third-order valence-corrected chi connectivity index (χ3v) is 4.36. The Morgan fingerprint density at radius 2 is 1.95 bits per heavy atom.